The molecule has 1 heterocycles. The van der Waals surface area contributed by atoms with Crippen LogP contribution in [0.2, 0.25) is 0 Å². The minimum Gasteiger partial charge on any atom is -0.389 e. The molecule has 2 atom stereocenters. The molecule has 2 aliphatic rings. The first-order valence-corrected chi connectivity index (χ1v) is 9.75. The fourth-order valence-electron chi connectivity index (χ4n) is 4.43. The zero-order valence-electron chi connectivity index (χ0n) is 12.1. The van der Waals surface area contributed by atoms with Crippen molar-refractivity contribution in [2.24, 2.45) is 11.8 Å². The third-order valence-electron chi connectivity index (χ3n) is 5.39. The van der Waals surface area contributed by atoms with Gasteiger partial charge < -0.3 is 5.11 Å². The summed E-state index contributed by atoms with van der Waals surface area (Å²) in [5, 5.41) is 11.3. The number of hydrogen-bond donors (Lipinski definition) is 1. The van der Waals surface area contributed by atoms with Crippen LogP contribution in [-0.4, -0.2) is 10.7 Å². The smallest absolute Gasteiger partial charge is 0.0726 e. The van der Waals surface area contributed by atoms with Gasteiger partial charge in [-0.3, -0.25) is 0 Å². The Bertz CT molecular complexity index is 438. The van der Waals surface area contributed by atoms with E-state index in [0.29, 0.717) is 5.92 Å². The molecule has 1 N–H and O–H groups in total. The van der Waals surface area contributed by atoms with Crippen LogP contribution in [0.5, 0.6) is 0 Å². The maximum Gasteiger partial charge on any atom is 0.0726 e. The first-order valence-electron chi connectivity index (χ1n) is 8.14. The number of halogens is 1. The highest BCUT2D eigenvalue weighted by Gasteiger charge is 2.43. The van der Waals surface area contributed by atoms with Crippen LogP contribution >= 0.6 is 27.3 Å². The fourth-order valence-corrected chi connectivity index (χ4v) is 6.03. The number of rotatable bonds is 3. The second kappa shape index (κ2) is 6.50. The van der Waals surface area contributed by atoms with Crippen molar-refractivity contribution >= 4 is 27.3 Å². The second-order valence-electron chi connectivity index (χ2n) is 6.74. The van der Waals surface area contributed by atoms with Crippen LogP contribution < -0.4 is 0 Å². The zero-order chi connectivity index (χ0) is 14.0. The Morgan fingerprint density at radius 3 is 2.55 bits per heavy atom. The predicted octanol–water partition coefficient (Wildman–Crippen LogP) is 5.55. The first kappa shape index (κ1) is 15.1. The fraction of sp³-hybridized carbons (Fsp3) is 0.765. The van der Waals surface area contributed by atoms with Gasteiger partial charge in [-0.25, -0.2) is 0 Å². The van der Waals surface area contributed by atoms with Crippen molar-refractivity contribution in [3.05, 3.63) is 20.8 Å². The average Bonchev–Trinajstić information content (AvgIpc) is 2.85. The van der Waals surface area contributed by atoms with Crippen LogP contribution in [0.15, 0.2) is 15.9 Å². The van der Waals surface area contributed by atoms with Crippen molar-refractivity contribution in [1.29, 1.82) is 0 Å². The van der Waals surface area contributed by atoms with Crippen LogP contribution in [0, 0.1) is 11.8 Å². The molecule has 0 aliphatic heterocycles. The van der Waals surface area contributed by atoms with Crippen molar-refractivity contribution in [2.75, 3.05) is 0 Å². The summed E-state index contributed by atoms with van der Waals surface area (Å²) in [5.41, 5.74) is -0.440. The molecule has 0 bridgehead atoms. The second-order valence-corrected chi connectivity index (χ2v) is 9.28. The first-order chi connectivity index (χ1) is 9.67. The summed E-state index contributed by atoms with van der Waals surface area (Å²) in [6.07, 6.45) is 12.5. The van der Waals surface area contributed by atoms with Gasteiger partial charge in [-0.1, -0.05) is 44.9 Å². The van der Waals surface area contributed by atoms with Gasteiger partial charge in [0.2, 0.25) is 0 Å². The van der Waals surface area contributed by atoms with E-state index in [9.17, 15) is 5.11 Å². The molecule has 2 saturated carbocycles. The molecule has 0 radical (unpaired) electrons. The average molecular weight is 357 g/mol. The standard InChI is InChI=1S/C17H25BrOS/c18-16-10-9-14(20-16)12-17(19)11-5-4-8-15(17)13-6-2-1-3-7-13/h9-10,13,15,19H,1-8,11-12H2. The summed E-state index contributed by atoms with van der Waals surface area (Å²) in [7, 11) is 0. The maximum absolute atomic E-state index is 11.3. The van der Waals surface area contributed by atoms with Crippen molar-refractivity contribution in [3.63, 3.8) is 0 Å². The Morgan fingerprint density at radius 1 is 1.10 bits per heavy atom. The Labute approximate surface area is 134 Å². The lowest BCUT2D eigenvalue weighted by atomic mass is 9.64. The van der Waals surface area contributed by atoms with E-state index in [1.807, 2.05) is 0 Å². The van der Waals surface area contributed by atoms with Crippen LogP contribution in [0.4, 0.5) is 0 Å². The van der Waals surface area contributed by atoms with Crippen LogP contribution in [0.25, 0.3) is 0 Å². The van der Waals surface area contributed by atoms with Crippen molar-refractivity contribution in [1.82, 2.24) is 0 Å². The molecule has 1 nitrogen and oxygen atoms in total. The lowest BCUT2D eigenvalue weighted by molar-refractivity contribution is -0.0761. The molecular formula is C17H25BrOS. The molecule has 0 amide bonds. The monoisotopic (exact) mass is 356 g/mol. The molecule has 3 heteroatoms. The summed E-state index contributed by atoms with van der Waals surface area (Å²) in [6, 6.07) is 4.29. The van der Waals surface area contributed by atoms with Crippen LogP contribution in [0.3, 0.4) is 0 Å². The normalized spacial score (nSPS) is 32.4. The van der Waals surface area contributed by atoms with E-state index in [-0.39, 0.29) is 0 Å². The van der Waals surface area contributed by atoms with Gasteiger partial charge in [-0.2, -0.15) is 0 Å². The molecule has 0 spiro atoms. The summed E-state index contributed by atoms with van der Waals surface area (Å²) >= 11 is 5.33. The molecule has 3 rings (SSSR count). The minimum atomic E-state index is -0.440. The van der Waals surface area contributed by atoms with E-state index in [1.54, 1.807) is 11.3 Å². The summed E-state index contributed by atoms with van der Waals surface area (Å²) in [6.45, 7) is 0. The van der Waals surface area contributed by atoms with Crippen molar-refractivity contribution in [2.45, 2.75) is 69.8 Å². The van der Waals surface area contributed by atoms with Gasteiger partial charge in [-0.05, 0) is 52.7 Å². The van der Waals surface area contributed by atoms with Crippen LogP contribution in [-0.2, 0) is 6.42 Å². The molecule has 2 unspecified atom stereocenters. The molecule has 0 saturated heterocycles. The Hall–Kier alpha value is 0.140. The van der Waals surface area contributed by atoms with Gasteiger partial charge in [0.15, 0.2) is 0 Å². The highest BCUT2D eigenvalue weighted by molar-refractivity contribution is 9.11. The van der Waals surface area contributed by atoms with Crippen molar-refractivity contribution in [3.8, 4) is 0 Å². The molecule has 2 aliphatic carbocycles. The predicted molar refractivity (Wildman–Crippen MR) is 89.2 cm³/mol. The van der Waals surface area contributed by atoms with Gasteiger partial charge in [0, 0.05) is 11.3 Å². The van der Waals surface area contributed by atoms with Crippen molar-refractivity contribution < 1.29 is 5.11 Å². The third-order valence-corrected chi connectivity index (χ3v) is 7.02. The van der Waals surface area contributed by atoms with E-state index in [4.69, 9.17) is 0 Å². The molecular weight excluding hydrogens is 332 g/mol. The molecule has 2 fully saturated rings. The van der Waals surface area contributed by atoms with Gasteiger partial charge in [0.25, 0.3) is 0 Å². The number of thiophene rings is 1. The Morgan fingerprint density at radius 2 is 1.85 bits per heavy atom. The largest absolute Gasteiger partial charge is 0.389 e. The topological polar surface area (TPSA) is 20.2 Å². The summed E-state index contributed by atoms with van der Waals surface area (Å²) < 4.78 is 1.18. The highest BCUT2D eigenvalue weighted by Crippen LogP contribution is 2.45. The van der Waals surface area contributed by atoms with Gasteiger partial charge in [0.05, 0.1) is 9.39 Å². The Kier molecular flexibility index (Phi) is 4.89. The van der Waals surface area contributed by atoms with E-state index in [0.717, 1.165) is 18.8 Å². The maximum atomic E-state index is 11.3. The van der Waals surface area contributed by atoms with E-state index < -0.39 is 5.60 Å². The lowest BCUT2D eigenvalue weighted by Gasteiger charge is -2.45. The van der Waals surface area contributed by atoms with E-state index in [1.165, 1.54) is 60.0 Å². The highest BCUT2D eigenvalue weighted by atomic mass is 79.9. The third kappa shape index (κ3) is 3.31. The summed E-state index contributed by atoms with van der Waals surface area (Å²) in [4.78, 5) is 1.34. The molecule has 1 aromatic rings. The van der Waals surface area contributed by atoms with E-state index in [2.05, 4.69) is 28.1 Å². The van der Waals surface area contributed by atoms with E-state index >= 15 is 0 Å². The van der Waals surface area contributed by atoms with Gasteiger partial charge in [-0.15, -0.1) is 11.3 Å². The molecule has 0 aromatic carbocycles. The molecule has 112 valence electrons. The zero-order valence-corrected chi connectivity index (χ0v) is 14.5. The molecule has 1 aromatic heterocycles. The minimum absolute atomic E-state index is 0.440. The quantitative estimate of drug-likeness (QED) is 0.751. The van der Waals surface area contributed by atoms with Crippen LogP contribution in [0.1, 0.15) is 62.7 Å². The Balaban J connectivity index is 1.75. The molecule has 20 heavy (non-hydrogen) atoms. The lowest BCUT2D eigenvalue weighted by Crippen LogP contribution is -2.46. The number of aliphatic hydroxyl groups is 1. The van der Waals surface area contributed by atoms with Gasteiger partial charge >= 0.3 is 0 Å². The van der Waals surface area contributed by atoms with Gasteiger partial charge in [0.1, 0.15) is 0 Å². The summed E-state index contributed by atoms with van der Waals surface area (Å²) in [5.74, 6) is 1.31. The SMILES string of the molecule is OC1(Cc2ccc(Br)s2)CCCCC1C1CCCCC1. The number of hydrogen-bond acceptors (Lipinski definition) is 2.